The average molecular weight is 355 g/mol. The van der Waals surface area contributed by atoms with Crippen molar-refractivity contribution in [2.75, 3.05) is 14.1 Å². The Hall–Kier alpha value is -1.71. The summed E-state index contributed by atoms with van der Waals surface area (Å²) in [5.74, 6) is -0.0375. The third-order valence-corrected chi connectivity index (χ3v) is 6.58. The van der Waals surface area contributed by atoms with E-state index in [4.69, 9.17) is 0 Å². The molecular weight excluding hydrogens is 325 g/mol. The van der Waals surface area contributed by atoms with E-state index >= 15 is 0 Å². The van der Waals surface area contributed by atoms with Gasteiger partial charge < -0.3 is 10.0 Å². The summed E-state index contributed by atoms with van der Waals surface area (Å²) in [6.45, 7) is 2.12. The second kappa shape index (κ2) is 7.50. The Morgan fingerprint density at radius 1 is 0.962 bits per heavy atom. The summed E-state index contributed by atoms with van der Waals surface area (Å²) in [5, 5.41) is 11.3. The van der Waals surface area contributed by atoms with Crippen LogP contribution in [0, 0.1) is 5.82 Å². The third kappa shape index (κ3) is 3.70. The lowest BCUT2D eigenvalue weighted by Gasteiger charge is -2.50. The highest BCUT2D eigenvalue weighted by Gasteiger charge is 2.46. The molecule has 3 heteroatoms. The van der Waals surface area contributed by atoms with E-state index in [-0.39, 0.29) is 17.3 Å². The smallest absolute Gasteiger partial charge is 0.126 e. The van der Waals surface area contributed by atoms with Crippen molar-refractivity contribution in [2.24, 2.45) is 0 Å². The van der Waals surface area contributed by atoms with Crippen molar-refractivity contribution < 1.29 is 9.50 Å². The van der Waals surface area contributed by atoms with Crippen LogP contribution in [0.2, 0.25) is 0 Å². The molecule has 2 aromatic carbocycles. The van der Waals surface area contributed by atoms with Gasteiger partial charge in [0, 0.05) is 11.5 Å². The minimum Gasteiger partial charge on any atom is -0.389 e. The highest BCUT2D eigenvalue weighted by Crippen LogP contribution is 2.45. The van der Waals surface area contributed by atoms with Gasteiger partial charge in [-0.2, -0.15) is 0 Å². The van der Waals surface area contributed by atoms with Crippen LogP contribution in [0.15, 0.2) is 54.6 Å². The number of likely N-dealkylation sites (N-methyl/N-ethyl adjacent to an activating group) is 1. The van der Waals surface area contributed by atoms with Crippen LogP contribution in [0.5, 0.6) is 0 Å². The summed E-state index contributed by atoms with van der Waals surface area (Å²) >= 11 is 0. The molecule has 0 saturated heterocycles. The van der Waals surface area contributed by atoms with Crippen molar-refractivity contribution in [3.8, 4) is 0 Å². The molecule has 0 amide bonds. The molecular formula is C23H30FNO. The maximum absolute atomic E-state index is 14.2. The summed E-state index contributed by atoms with van der Waals surface area (Å²) in [4.78, 5) is 2.23. The van der Waals surface area contributed by atoms with Crippen molar-refractivity contribution in [3.05, 3.63) is 71.5 Å². The van der Waals surface area contributed by atoms with Crippen LogP contribution >= 0.6 is 0 Å². The first-order valence-electron chi connectivity index (χ1n) is 9.54. The van der Waals surface area contributed by atoms with Gasteiger partial charge in [-0.1, -0.05) is 55.5 Å². The van der Waals surface area contributed by atoms with Gasteiger partial charge in [-0.05, 0) is 63.4 Å². The largest absolute Gasteiger partial charge is 0.389 e. The van der Waals surface area contributed by atoms with Gasteiger partial charge in [-0.25, -0.2) is 4.39 Å². The van der Waals surface area contributed by atoms with Crippen molar-refractivity contribution in [1.29, 1.82) is 0 Å². The van der Waals surface area contributed by atoms with Crippen molar-refractivity contribution in [1.82, 2.24) is 4.90 Å². The maximum Gasteiger partial charge on any atom is 0.126 e. The second-order valence-corrected chi connectivity index (χ2v) is 8.12. The lowest BCUT2D eigenvalue weighted by atomic mass is 9.66. The predicted molar refractivity (Wildman–Crippen MR) is 105 cm³/mol. The molecule has 1 aliphatic carbocycles. The Kier molecular flexibility index (Phi) is 5.50. The molecule has 1 fully saturated rings. The normalized spacial score (nSPS) is 27.5. The molecule has 0 bridgehead atoms. The van der Waals surface area contributed by atoms with E-state index in [1.54, 1.807) is 6.07 Å². The lowest BCUT2D eigenvalue weighted by molar-refractivity contribution is -0.0589. The van der Waals surface area contributed by atoms with Crippen molar-refractivity contribution in [2.45, 2.75) is 56.1 Å². The van der Waals surface area contributed by atoms with Gasteiger partial charge in [0.2, 0.25) is 0 Å². The minimum absolute atomic E-state index is 0.0947. The fraction of sp³-hybridized carbons (Fsp3) is 0.478. The van der Waals surface area contributed by atoms with Crippen LogP contribution in [0.3, 0.4) is 0 Å². The quantitative estimate of drug-likeness (QED) is 0.834. The van der Waals surface area contributed by atoms with Crippen LogP contribution in [0.1, 0.15) is 49.7 Å². The van der Waals surface area contributed by atoms with Gasteiger partial charge in [0.05, 0.1) is 5.60 Å². The standard InChI is InChI=1S/C23H30FNO/c1-18(19-9-5-4-6-10-19)23(26)15-13-22(14-16-23,25(2)3)17-20-11-7-8-12-21(20)24/h4-12,18,26H,13-17H2,1-3H3. The van der Waals surface area contributed by atoms with Gasteiger partial charge >= 0.3 is 0 Å². The number of benzene rings is 2. The first kappa shape index (κ1) is 19.1. The molecule has 0 spiro atoms. The molecule has 0 aliphatic heterocycles. The van der Waals surface area contributed by atoms with Gasteiger partial charge in [-0.15, -0.1) is 0 Å². The SMILES string of the molecule is CC(c1ccccc1)C1(O)CCC(Cc2ccccc2F)(N(C)C)CC1. The monoisotopic (exact) mass is 355 g/mol. The Balaban J connectivity index is 1.78. The van der Waals surface area contributed by atoms with E-state index in [2.05, 4.69) is 38.1 Å². The topological polar surface area (TPSA) is 23.5 Å². The molecule has 1 unspecified atom stereocenters. The summed E-state index contributed by atoms with van der Waals surface area (Å²) in [6, 6.07) is 17.3. The average Bonchev–Trinajstić information content (AvgIpc) is 2.65. The fourth-order valence-electron chi connectivity index (χ4n) is 4.41. The zero-order valence-corrected chi connectivity index (χ0v) is 16.1. The van der Waals surface area contributed by atoms with Gasteiger partial charge in [0.25, 0.3) is 0 Å². The summed E-state index contributed by atoms with van der Waals surface area (Å²) < 4.78 is 14.2. The summed E-state index contributed by atoms with van der Waals surface area (Å²) in [5.41, 5.74) is 1.14. The van der Waals surface area contributed by atoms with Crippen molar-refractivity contribution in [3.63, 3.8) is 0 Å². The molecule has 140 valence electrons. The molecule has 1 aliphatic rings. The van der Waals surface area contributed by atoms with E-state index in [0.717, 1.165) is 31.2 Å². The van der Waals surface area contributed by atoms with E-state index in [0.29, 0.717) is 6.42 Å². The zero-order chi connectivity index (χ0) is 18.8. The van der Waals surface area contributed by atoms with Crippen molar-refractivity contribution >= 4 is 0 Å². The molecule has 1 N–H and O–H groups in total. The lowest BCUT2D eigenvalue weighted by Crippen LogP contribution is -2.53. The van der Waals surface area contributed by atoms with E-state index in [9.17, 15) is 9.50 Å². The highest BCUT2D eigenvalue weighted by atomic mass is 19.1. The molecule has 0 heterocycles. The molecule has 0 aromatic heterocycles. The zero-order valence-electron chi connectivity index (χ0n) is 16.1. The second-order valence-electron chi connectivity index (χ2n) is 8.12. The molecule has 2 nitrogen and oxygen atoms in total. The van der Waals surface area contributed by atoms with Crippen LogP contribution in [0.4, 0.5) is 4.39 Å². The van der Waals surface area contributed by atoms with Gasteiger partial charge in [0.1, 0.15) is 5.82 Å². The third-order valence-electron chi connectivity index (χ3n) is 6.58. The number of hydrogen-bond acceptors (Lipinski definition) is 2. The first-order chi connectivity index (χ1) is 12.4. The molecule has 26 heavy (non-hydrogen) atoms. The van der Waals surface area contributed by atoms with Crippen LogP contribution in [-0.2, 0) is 6.42 Å². The number of rotatable bonds is 5. The minimum atomic E-state index is -0.698. The predicted octanol–water partition coefficient (Wildman–Crippen LogP) is 4.78. The summed E-state index contributed by atoms with van der Waals surface area (Å²) in [7, 11) is 4.15. The Labute approximate surface area is 156 Å². The number of hydrogen-bond donors (Lipinski definition) is 1. The Morgan fingerprint density at radius 2 is 1.54 bits per heavy atom. The van der Waals surface area contributed by atoms with Gasteiger partial charge in [-0.3, -0.25) is 0 Å². The molecule has 3 rings (SSSR count). The Bertz CT molecular complexity index is 720. The maximum atomic E-state index is 14.2. The van der Waals surface area contributed by atoms with E-state index in [1.165, 1.54) is 11.6 Å². The Morgan fingerprint density at radius 3 is 2.12 bits per heavy atom. The van der Waals surface area contributed by atoms with E-state index in [1.807, 2.05) is 30.3 Å². The first-order valence-corrected chi connectivity index (χ1v) is 9.54. The number of halogens is 1. The fourth-order valence-corrected chi connectivity index (χ4v) is 4.41. The summed E-state index contributed by atoms with van der Waals surface area (Å²) in [6.07, 6.45) is 3.87. The molecule has 1 saturated carbocycles. The van der Waals surface area contributed by atoms with Crippen LogP contribution in [0.25, 0.3) is 0 Å². The highest BCUT2D eigenvalue weighted by molar-refractivity contribution is 5.24. The molecule has 1 atom stereocenters. The number of aliphatic hydroxyl groups is 1. The molecule has 0 radical (unpaired) electrons. The van der Waals surface area contributed by atoms with Crippen LogP contribution < -0.4 is 0 Å². The van der Waals surface area contributed by atoms with Crippen LogP contribution in [-0.4, -0.2) is 35.2 Å². The molecule has 2 aromatic rings. The van der Waals surface area contributed by atoms with Gasteiger partial charge in [0.15, 0.2) is 0 Å². The van der Waals surface area contributed by atoms with E-state index < -0.39 is 5.60 Å². The number of nitrogens with zero attached hydrogens (tertiary/aromatic N) is 1.